The Labute approximate surface area is 156 Å². The topological polar surface area (TPSA) is 62.5 Å². The third-order valence-electron chi connectivity index (χ3n) is 4.19. The highest BCUT2D eigenvalue weighted by molar-refractivity contribution is 6.33. The number of nitrogens with zero attached hydrogens (tertiary/aromatic N) is 4. The van der Waals surface area contributed by atoms with Gasteiger partial charge in [-0.25, -0.2) is 0 Å². The fraction of sp³-hybridized carbons (Fsp3) is 0.471. The molecule has 0 unspecified atom stereocenters. The van der Waals surface area contributed by atoms with Gasteiger partial charge < -0.3 is 9.42 Å². The molecule has 0 radical (unpaired) electrons. The quantitative estimate of drug-likeness (QED) is 0.718. The molecular weight excluding hydrogens is 363 g/mol. The van der Waals surface area contributed by atoms with Crippen molar-refractivity contribution in [2.45, 2.75) is 19.4 Å². The Morgan fingerprint density at radius 1 is 1.20 bits per heavy atom. The molecular formula is C17H20Cl2N4O2. The third-order valence-corrected chi connectivity index (χ3v) is 4.78. The lowest BCUT2D eigenvalue weighted by atomic mass is 10.2. The molecule has 1 amide bonds. The molecule has 0 spiro atoms. The molecule has 0 atom stereocenters. The van der Waals surface area contributed by atoms with E-state index in [0.717, 1.165) is 38.2 Å². The summed E-state index contributed by atoms with van der Waals surface area (Å²) < 4.78 is 5.33. The first-order chi connectivity index (χ1) is 12.2. The van der Waals surface area contributed by atoms with Crippen molar-refractivity contribution in [3.05, 3.63) is 35.1 Å². The second-order valence-corrected chi connectivity index (χ2v) is 6.73. The number of hydrogen-bond acceptors (Lipinski definition) is 5. The fourth-order valence-corrected chi connectivity index (χ4v) is 3.14. The van der Waals surface area contributed by atoms with E-state index in [1.54, 1.807) is 6.07 Å². The predicted molar refractivity (Wildman–Crippen MR) is 96.6 cm³/mol. The van der Waals surface area contributed by atoms with E-state index >= 15 is 0 Å². The van der Waals surface area contributed by atoms with Gasteiger partial charge in [0.1, 0.15) is 0 Å². The minimum Gasteiger partial charge on any atom is -0.340 e. The maximum Gasteiger partial charge on any atom is 0.259 e. The number of piperazine rings is 1. The standard InChI is InChI=1S/C17H20Cl2N4O2/c18-7-3-6-16(24)23-10-8-22(9-11-23)12-15-20-17(25-21-15)13-4-1-2-5-14(13)19/h1-2,4-5H,3,6-12H2. The van der Waals surface area contributed by atoms with Crippen LogP contribution >= 0.6 is 23.2 Å². The van der Waals surface area contributed by atoms with Gasteiger partial charge in [0, 0.05) is 38.5 Å². The summed E-state index contributed by atoms with van der Waals surface area (Å²) in [6.45, 7) is 3.62. The van der Waals surface area contributed by atoms with Crippen LogP contribution in [0.3, 0.4) is 0 Å². The summed E-state index contributed by atoms with van der Waals surface area (Å²) in [5.74, 6) is 1.75. The summed E-state index contributed by atoms with van der Waals surface area (Å²) in [7, 11) is 0. The molecule has 1 aliphatic rings. The van der Waals surface area contributed by atoms with Crippen molar-refractivity contribution >= 4 is 29.1 Å². The fourth-order valence-electron chi connectivity index (χ4n) is 2.79. The lowest BCUT2D eigenvalue weighted by Crippen LogP contribution is -2.48. The smallest absolute Gasteiger partial charge is 0.259 e. The van der Waals surface area contributed by atoms with Crippen LogP contribution in [0, 0.1) is 0 Å². The van der Waals surface area contributed by atoms with Crippen molar-refractivity contribution in [1.82, 2.24) is 19.9 Å². The van der Waals surface area contributed by atoms with Gasteiger partial charge in [0.15, 0.2) is 5.82 Å². The van der Waals surface area contributed by atoms with E-state index in [1.165, 1.54) is 0 Å². The highest BCUT2D eigenvalue weighted by atomic mass is 35.5. The molecule has 2 aromatic rings. The van der Waals surface area contributed by atoms with Crippen molar-refractivity contribution in [2.24, 2.45) is 0 Å². The molecule has 1 aromatic carbocycles. The summed E-state index contributed by atoms with van der Waals surface area (Å²) in [6.07, 6.45) is 1.25. The molecule has 2 heterocycles. The van der Waals surface area contributed by atoms with Crippen LogP contribution < -0.4 is 0 Å². The minimum atomic E-state index is 0.181. The van der Waals surface area contributed by atoms with Gasteiger partial charge in [0.25, 0.3) is 5.89 Å². The van der Waals surface area contributed by atoms with Crippen molar-refractivity contribution in [2.75, 3.05) is 32.1 Å². The first-order valence-electron chi connectivity index (χ1n) is 8.31. The Bertz CT molecular complexity index is 714. The van der Waals surface area contributed by atoms with E-state index in [2.05, 4.69) is 15.0 Å². The largest absolute Gasteiger partial charge is 0.340 e. The molecule has 0 saturated carbocycles. The van der Waals surface area contributed by atoms with Gasteiger partial charge in [0.05, 0.1) is 17.1 Å². The maximum atomic E-state index is 12.0. The zero-order valence-electron chi connectivity index (χ0n) is 13.8. The average Bonchev–Trinajstić information content (AvgIpc) is 3.09. The Morgan fingerprint density at radius 2 is 1.96 bits per heavy atom. The average molecular weight is 383 g/mol. The molecule has 1 aliphatic heterocycles. The monoisotopic (exact) mass is 382 g/mol. The predicted octanol–water partition coefficient (Wildman–Crippen LogP) is 3.05. The van der Waals surface area contributed by atoms with E-state index in [0.29, 0.717) is 35.6 Å². The third kappa shape index (κ3) is 4.71. The molecule has 134 valence electrons. The molecule has 25 heavy (non-hydrogen) atoms. The summed E-state index contributed by atoms with van der Waals surface area (Å²) >= 11 is 11.8. The first-order valence-corrected chi connectivity index (χ1v) is 9.22. The van der Waals surface area contributed by atoms with E-state index < -0.39 is 0 Å². The number of halogens is 2. The van der Waals surface area contributed by atoms with Crippen molar-refractivity contribution in [3.63, 3.8) is 0 Å². The van der Waals surface area contributed by atoms with Crippen LogP contribution in [0.4, 0.5) is 0 Å². The zero-order chi connectivity index (χ0) is 17.6. The summed E-state index contributed by atoms with van der Waals surface area (Å²) in [6, 6.07) is 7.38. The number of aromatic nitrogens is 2. The van der Waals surface area contributed by atoms with Crippen LogP contribution in [0.5, 0.6) is 0 Å². The number of carbonyl (C=O) groups excluding carboxylic acids is 1. The first kappa shape index (κ1) is 18.2. The van der Waals surface area contributed by atoms with Gasteiger partial charge >= 0.3 is 0 Å². The number of amides is 1. The zero-order valence-corrected chi connectivity index (χ0v) is 15.3. The Hall–Kier alpha value is -1.63. The van der Waals surface area contributed by atoms with E-state index in [-0.39, 0.29) is 5.91 Å². The van der Waals surface area contributed by atoms with Crippen LogP contribution in [-0.2, 0) is 11.3 Å². The van der Waals surface area contributed by atoms with Crippen LogP contribution in [-0.4, -0.2) is 57.9 Å². The number of benzene rings is 1. The van der Waals surface area contributed by atoms with Crippen molar-refractivity contribution in [1.29, 1.82) is 0 Å². The van der Waals surface area contributed by atoms with Crippen LogP contribution in [0.15, 0.2) is 28.8 Å². The molecule has 8 heteroatoms. The molecule has 1 fully saturated rings. The van der Waals surface area contributed by atoms with Crippen molar-refractivity contribution < 1.29 is 9.32 Å². The maximum absolute atomic E-state index is 12.0. The summed E-state index contributed by atoms with van der Waals surface area (Å²) in [4.78, 5) is 20.6. The SMILES string of the molecule is O=C(CCCCl)N1CCN(Cc2noc(-c3ccccc3Cl)n2)CC1. The number of carbonyl (C=O) groups is 1. The molecule has 1 saturated heterocycles. The van der Waals surface area contributed by atoms with Crippen LogP contribution in [0.1, 0.15) is 18.7 Å². The Morgan fingerprint density at radius 3 is 2.68 bits per heavy atom. The molecule has 6 nitrogen and oxygen atoms in total. The van der Waals surface area contributed by atoms with Crippen LogP contribution in [0.25, 0.3) is 11.5 Å². The summed E-state index contributed by atoms with van der Waals surface area (Å²) in [5, 5.41) is 4.63. The van der Waals surface area contributed by atoms with Gasteiger partial charge in [-0.3, -0.25) is 9.69 Å². The molecule has 0 aliphatic carbocycles. The van der Waals surface area contributed by atoms with Gasteiger partial charge in [-0.15, -0.1) is 11.6 Å². The Kier molecular flexibility index (Phi) is 6.29. The summed E-state index contributed by atoms with van der Waals surface area (Å²) in [5.41, 5.74) is 0.734. The molecule has 3 rings (SSSR count). The Balaban J connectivity index is 1.53. The van der Waals surface area contributed by atoms with Gasteiger partial charge in [-0.1, -0.05) is 28.9 Å². The van der Waals surface area contributed by atoms with Gasteiger partial charge in [-0.05, 0) is 18.6 Å². The van der Waals surface area contributed by atoms with Gasteiger partial charge in [-0.2, -0.15) is 4.98 Å². The van der Waals surface area contributed by atoms with E-state index in [1.807, 2.05) is 23.1 Å². The lowest BCUT2D eigenvalue weighted by Gasteiger charge is -2.34. The van der Waals surface area contributed by atoms with E-state index in [4.69, 9.17) is 27.7 Å². The second kappa shape index (κ2) is 8.65. The number of rotatable bonds is 6. The number of hydrogen-bond donors (Lipinski definition) is 0. The van der Waals surface area contributed by atoms with Crippen molar-refractivity contribution in [3.8, 4) is 11.5 Å². The second-order valence-electron chi connectivity index (χ2n) is 5.95. The molecule has 1 aromatic heterocycles. The molecule has 0 bridgehead atoms. The highest BCUT2D eigenvalue weighted by Gasteiger charge is 2.22. The van der Waals surface area contributed by atoms with Crippen LogP contribution in [0.2, 0.25) is 5.02 Å². The van der Waals surface area contributed by atoms with Gasteiger partial charge in [0.2, 0.25) is 5.91 Å². The normalized spacial score (nSPS) is 15.5. The van der Waals surface area contributed by atoms with E-state index in [9.17, 15) is 4.79 Å². The minimum absolute atomic E-state index is 0.181. The number of alkyl halides is 1. The highest BCUT2D eigenvalue weighted by Crippen LogP contribution is 2.26. The lowest BCUT2D eigenvalue weighted by molar-refractivity contribution is -0.133. The molecule has 0 N–H and O–H groups in total.